The number of hydrogen-bond donors (Lipinski definition) is 2. The second-order valence-electron chi connectivity index (χ2n) is 4.64. The number of carboxylic acid groups (broad SMARTS) is 1. The maximum atomic E-state index is 11.7. The third kappa shape index (κ3) is 4.57. The normalized spacial score (nSPS) is 12.2. The Labute approximate surface area is 107 Å². The van der Waals surface area contributed by atoms with Crippen molar-refractivity contribution in [2.45, 2.75) is 26.2 Å². The molecule has 1 atom stereocenters. The van der Waals surface area contributed by atoms with Crippen LogP contribution in [0.25, 0.3) is 0 Å². The molecule has 1 amide bonds. The van der Waals surface area contributed by atoms with Crippen molar-refractivity contribution in [2.24, 2.45) is 5.92 Å². The Kier molecular flexibility index (Phi) is 5.36. The zero-order valence-electron chi connectivity index (χ0n) is 10.7. The van der Waals surface area contributed by atoms with Gasteiger partial charge in [0.25, 0.3) is 0 Å². The minimum Gasteiger partial charge on any atom is -0.480 e. The number of carbonyl (C=O) groups is 2. The fourth-order valence-corrected chi connectivity index (χ4v) is 1.88. The molecular weight excluding hydrogens is 230 g/mol. The van der Waals surface area contributed by atoms with Crippen LogP contribution in [0, 0.1) is 5.92 Å². The first-order valence-electron chi connectivity index (χ1n) is 6.04. The summed E-state index contributed by atoms with van der Waals surface area (Å²) in [5.41, 5.74) is 1.11. The third-order valence-electron chi connectivity index (χ3n) is 2.87. The lowest BCUT2D eigenvalue weighted by Crippen LogP contribution is -2.31. The SMILES string of the molecule is CC(C)[C@@H](CC(=O)NCC(=O)O)c1ccccc1. The van der Waals surface area contributed by atoms with Gasteiger partial charge in [-0.15, -0.1) is 0 Å². The van der Waals surface area contributed by atoms with Crippen LogP contribution >= 0.6 is 0 Å². The summed E-state index contributed by atoms with van der Waals surface area (Å²) in [6, 6.07) is 9.81. The predicted molar refractivity (Wildman–Crippen MR) is 69.3 cm³/mol. The van der Waals surface area contributed by atoms with Crippen LogP contribution < -0.4 is 5.32 Å². The van der Waals surface area contributed by atoms with Gasteiger partial charge < -0.3 is 10.4 Å². The van der Waals surface area contributed by atoms with Crippen molar-refractivity contribution < 1.29 is 14.7 Å². The van der Waals surface area contributed by atoms with Crippen LogP contribution in [-0.4, -0.2) is 23.5 Å². The number of benzene rings is 1. The van der Waals surface area contributed by atoms with Crippen molar-refractivity contribution in [1.82, 2.24) is 5.32 Å². The number of hydrogen-bond acceptors (Lipinski definition) is 2. The molecule has 0 saturated carbocycles. The number of rotatable bonds is 6. The lowest BCUT2D eigenvalue weighted by atomic mass is 9.85. The molecule has 0 spiro atoms. The van der Waals surface area contributed by atoms with Gasteiger partial charge in [0.2, 0.25) is 5.91 Å². The fourth-order valence-electron chi connectivity index (χ4n) is 1.88. The number of amides is 1. The van der Waals surface area contributed by atoms with Crippen LogP contribution in [0.5, 0.6) is 0 Å². The van der Waals surface area contributed by atoms with Crippen LogP contribution in [0.3, 0.4) is 0 Å². The Balaban J connectivity index is 2.64. The molecule has 0 aliphatic rings. The molecule has 0 aliphatic carbocycles. The second kappa shape index (κ2) is 6.79. The Morgan fingerprint density at radius 1 is 1.22 bits per heavy atom. The molecule has 2 N–H and O–H groups in total. The molecule has 0 heterocycles. The van der Waals surface area contributed by atoms with Gasteiger partial charge >= 0.3 is 5.97 Å². The topological polar surface area (TPSA) is 66.4 Å². The van der Waals surface area contributed by atoms with E-state index < -0.39 is 5.97 Å². The third-order valence-corrected chi connectivity index (χ3v) is 2.87. The first kappa shape index (κ1) is 14.2. The van der Waals surface area contributed by atoms with Crippen molar-refractivity contribution in [1.29, 1.82) is 0 Å². The summed E-state index contributed by atoms with van der Waals surface area (Å²) in [7, 11) is 0. The zero-order chi connectivity index (χ0) is 13.5. The van der Waals surface area contributed by atoms with E-state index >= 15 is 0 Å². The van der Waals surface area contributed by atoms with Gasteiger partial charge in [0, 0.05) is 6.42 Å². The summed E-state index contributed by atoms with van der Waals surface area (Å²) >= 11 is 0. The quantitative estimate of drug-likeness (QED) is 0.810. The number of aliphatic carboxylic acids is 1. The molecule has 0 bridgehead atoms. The van der Waals surface area contributed by atoms with E-state index in [-0.39, 0.29) is 18.4 Å². The number of carbonyl (C=O) groups excluding carboxylic acids is 1. The molecule has 0 fully saturated rings. The first-order valence-corrected chi connectivity index (χ1v) is 6.04. The highest BCUT2D eigenvalue weighted by molar-refractivity contribution is 5.81. The van der Waals surface area contributed by atoms with Gasteiger partial charge in [-0.05, 0) is 17.4 Å². The van der Waals surface area contributed by atoms with Gasteiger partial charge in [-0.2, -0.15) is 0 Å². The van der Waals surface area contributed by atoms with Crippen LogP contribution in [0.1, 0.15) is 31.7 Å². The van der Waals surface area contributed by atoms with Crippen molar-refractivity contribution in [3.8, 4) is 0 Å². The largest absolute Gasteiger partial charge is 0.480 e. The molecule has 1 aromatic rings. The van der Waals surface area contributed by atoms with Crippen LogP contribution in [0.15, 0.2) is 30.3 Å². The van der Waals surface area contributed by atoms with Crippen LogP contribution in [-0.2, 0) is 9.59 Å². The Hall–Kier alpha value is -1.84. The van der Waals surface area contributed by atoms with Crippen molar-refractivity contribution in [3.05, 3.63) is 35.9 Å². The first-order chi connectivity index (χ1) is 8.50. The van der Waals surface area contributed by atoms with Gasteiger partial charge in [0.05, 0.1) is 0 Å². The summed E-state index contributed by atoms with van der Waals surface area (Å²) in [4.78, 5) is 22.0. The Morgan fingerprint density at radius 2 is 1.83 bits per heavy atom. The van der Waals surface area contributed by atoms with Gasteiger partial charge in [0.1, 0.15) is 6.54 Å². The van der Waals surface area contributed by atoms with E-state index in [9.17, 15) is 9.59 Å². The van der Waals surface area contributed by atoms with E-state index in [1.54, 1.807) is 0 Å². The maximum Gasteiger partial charge on any atom is 0.322 e. The highest BCUT2D eigenvalue weighted by Crippen LogP contribution is 2.27. The lowest BCUT2D eigenvalue weighted by Gasteiger charge is -2.20. The molecule has 0 unspecified atom stereocenters. The highest BCUT2D eigenvalue weighted by atomic mass is 16.4. The summed E-state index contributed by atoms with van der Waals surface area (Å²) in [5.74, 6) is -0.813. The molecule has 4 heteroatoms. The van der Waals surface area contributed by atoms with E-state index in [1.165, 1.54) is 0 Å². The van der Waals surface area contributed by atoms with Gasteiger partial charge in [-0.25, -0.2) is 0 Å². The monoisotopic (exact) mass is 249 g/mol. The maximum absolute atomic E-state index is 11.7. The molecule has 98 valence electrons. The Morgan fingerprint density at radius 3 is 2.33 bits per heavy atom. The zero-order valence-corrected chi connectivity index (χ0v) is 10.7. The van der Waals surface area contributed by atoms with Crippen LogP contribution in [0.2, 0.25) is 0 Å². The van der Waals surface area contributed by atoms with Crippen molar-refractivity contribution >= 4 is 11.9 Å². The van der Waals surface area contributed by atoms with Gasteiger partial charge in [-0.3, -0.25) is 9.59 Å². The van der Waals surface area contributed by atoms with E-state index in [0.717, 1.165) is 5.56 Å². The van der Waals surface area contributed by atoms with Crippen molar-refractivity contribution in [3.63, 3.8) is 0 Å². The fraction of sp³-hybridized carbons (Fsp3) is 0.429. The lowest BCUT2D eigenvalue weighted by molar-refractivity contribution is -0.138. The number of carboxylic acids is 1. The Bertz CT molecular complexity index is 401. The van der Waals surface area contributed by atoms with Crippen molar-refractivity contribution in [2.75, 3.05) is 6.54 Å². The molecular formula is C14H19NO3. The molecule has 1 rings (SSSR count). The minimum atomic E-state index is -1.02. The smallest absolute Gasteiger partial charge is 0.322 e. The molecule has 1 aromatic carbocycles. The molecule has 0 radical (unpaired) electrons. The summed E-state index contributed by atoms with van der Waals surface area (Å²) < 4.78 is 0. The van der Waals surface area contributed by atoms with E-state index in [0.29, 0.717) is 12.3 Å². The summed E-state index contributed by atoms with van der Waals surface area (Å²) in [6.45, 7) is 3.79. The van der Waals surface area contributed by atoms with E-state index in [1.807, 2.05) is 30.3 Å². The highest BCUT2D eigenvalue weighted by Gasteiger charge is 2.19. The van der Waals surface area contributed by atoms with Crippen LogP contribution in [0.4, 0.5) is 0 Å². The average Bonchev–Trinajstić information content (AvgIpc) is 2.34. The molecule has 18 heavy (non-hydrogen) atoms. The molecule has 0 aromatic heterocycles. The minimum absolute atomic E-state index is 0.111. The molecule has 0 saturated heterocycles. The van der Waals surface area contributed by atoms with Gasteiger partial charge in [-0.1, -0.05) is 44.2 Å². The second-order valence-corrected chi connectivity index (χ2v) is 4.64. The summed E-state index contributed by atoms with van der Waals surface area (Å²) in [6.07, 6.45) is 0.314. The molecule has 4 nitrogen and oxygen atoms in total. The average molecular weight is 249 g/mol. The van der Waals surface area contributed by atoms with E-state index in [2.05, 4.69) is 19.2 Å². The van der Waals surface area contributed by atoms with Gasteiger partial charge in [0.15, 0.2) is 0 Å². The standard InChI is InChI=1S/C14H19NO3/c1-10(2)12(11-6-4-3-5-7-11)8-13(16)15-9-14(17)18/h3-7,10,12H,8-9H2,1-2H3,(H,15,16)(H,17,18)/t12-/m1/s1. The molecule has 0 aliphatic heterocycles. The van der Waals surface area contributed by atoms with E-state index in [4.69, 9.17) is 5.11 Å². The summed E-state index contributed by atoms with van der Waals surface area (Å²) in [5, 5.41) is 10.9. The number of nitrogens with one attached hydrogen (secondary N) is 1. The predicted octanol–water partition coefficient (Wildman–Crippen LogP) is 2.02.